The molecule has 0 aliphatic heterocycles. The van der Waals surface area contributed by atoms with Crippen LogP contribution >= 0.6 is 21.8 Å². The van der Waals surface area contributed by atoms with Gasteiger partial charge in [0.1, 0.15) is 0 Å². The molecule has 0 spiro atoms. The Morgan fingerprint density at radius 1 is 0.676 bits per heavy atom. The molecule has 0 fully saturated rings. The molecule has 184 valence electrons. The number of hydrogen-bond acceptors (Lipinski definition) is 3. The van der Waals surface area contributed by atoms with Crippen LogP contribution in [0.1, 0.15) is 57.1 Å². The molecule has 2 aromatic heterocycles. The molecule has 0 saturated heterocycles. The minimum absolute atomic E-state index is 0.0883. The van der Waals surface area contributed by atoms with E-state index >= 15 is 0 Å². The Morgan fingerprint density at radius 3 is 2.05 bits per heavy atom. The van der Waals surface area contributed by atoms with Crippen molar-refractivity contribution in [2.75, 3.05) is 0 Å². The van der Waals surface area contributed by atoms with E-state index in [2.05, 4.69) is 88.4 Å². The average molecular weight is 522 g/mol. The molecule has 0 aliphatic carbocycles. The zero-order valence-electron chi connectivity index (χ0n) is 21.5. The van der Waals surface area contributed by atoms with Crippen molar-refractivity contribution in [2.24, 2.45) is 0 Å². The Bertz CT molecular complexity index is 1960. The fraction of sp³-hybridized carbons (Fsp3) is 0.212. The third kappa shape index (κ3) is 3.91. The van der Waals surface area contributed by atoms with Crippen molar-refractivity contribution in [3.05, 3.63) is 110 Å². The first-order chi connectivity index (χ1) is 17.9. The lowest BCUT2D eigenvalue weighted by atomic mass is 9.97. The highest BCUT2D eigenvalue weighted by molar-refractivity contribution is 7.49. The van der Waals surface area contributed by atoms with Gasteiger partial charge in [0.05, 0.1) is 10.8 Å². The Balaban J connectivity index is 1.69. The van der Waals surface area contributed by atoms with Crippen molar-refractivity contribution in [3.8, 4) is 4.90 Å². The highest BCUT2D eigenvalue weighted by atomic mass is 32.2. The minimum Gasteiger partial charge on any atom is -0.288 e. The summed E-state index contributed by atoms with van der Waals surface area (Å²) in [5.41, 5.74) is 2.57. The van der Waals surface area contributed by atoms with Gasteiger partial charge < -0.3 is 0 Å². The lowest BCUT2D eigenvalue weighted by molar-refractivity contribution is 0.735. The molecule has 0 bridgehead atoms. The predicted octanol–water partition coefficient (Wildman–Crippen LogP) is 9.46. The zero-order valence-corrected chi connectivity index (χ0v) is 23.1. The summed E-state index contributed by atoms with van der Waals surface area (Å²) in [6, 6.07) is 27.0. The van der Waals surface area contributed by atoms with Gasteiger partial charge in [-0.25, -0.2) is 0 Å². The maximum Gasteiger partial charge on any atom is 0.203 e. The predicted molar refractivity (Wildman–Crippen MR) is 163 cm³/mol. The quantitative estimate of drug-likeness (QED) is 0.171. The van der Waals surface area contributed by atoms with Crippen molar-refractivity contribution in [2.45, 2.75) is 46.0 Å². The lowest BCUT2D eigenvalue weighted by Gasteiger charge is -2.10. The van der Waals surface area contributed by atoms with E-state index in [9.17, 15) is 9.59 Å². The molecule has 0 radical (unpaired) electrons. The number of benzene rings is 4. The van der Waals surface area contributed by atoms with Crippen molar-refractivity contribution >= 4 is 62.2 Å². The van der Waals surface area contributed by atoms with Crippen molar-refractivity contribution in [1.82, 2.24) is 0 Å². The number of fused-ring (bicyclic) bond motifs is 4. The second-order valence-corrected chi connectivity index (χ2v) is 13.2. The van der Waals surface area contributed by atoms with Gasteiger partial charge in [-0.15, -0.1) is 11.3 Å². The average Bonchev–Trinajstić information content (AvgIpc) is 2.92. The topological polar surface area (TPSA) is 34.1 Å². The first-order valence-corrected chi connectivity index (χ1v) is 14.9. The van der Waals surface area contributed by atoms with E-state index in [4.69, 9.17) is 0 Å². The van der Waals surface area contributed by atoms with E-state index in [-0.39, 0.29) is 10.9 Å². The molecule has 0 N–H and O–H groups in total. The number of rotatable bonds is 4. The first kappa shape index (κ1) is 24.0. The van der Waals surface area contributed by atoms with E-state index in [1.807, 2.05) is 18.2 Å². The van der Waals surface area contributed by atoms with Crippen LogP contribution in [0.2, 0.25) is 0 Å². The Kier molecular flexibility index (Phi) is 5.97. The van der Waals surface area contributed by atoms with Crippen LogP contribution in [-0.2, 0) is 0 Å². The monoisotopic (exact) mass is 521 g/mol. The van der Waals surface area contributed by atoms with Crippen LogP contribution in [-0.4, -0.2) is 0 Å². The SMILES string of the molecule is CCC(C)c1ccc2c(c1)c(=O)c1ccccc1[s+]2-c1ccc2sc3ccc(C(C)C)cc3c(=O)c2c1. The lowest BCUT2D eigenvalue weighted by Crippen LogP contribution is -2.04. The molecule has 0 amide bonds. The second-order valence-electron chi connectivity index (χ2n) is 10.2. The molecule has 2 atom stereocenters. The van der Waals surface area contributed by atoms with Crippen LogP contribution in [0.15, 0.2) is 88.5 Å². The van der Waals surface area contributed by atoms with Gasteiger partial charge in [-0.1, -0.05) is 52.0 Å². The van der Waals surface area contributed by atoms with E-state index in [1.165, 1.54) is 11.1 Å². The standard InChI is InChI=1S/C33H29O2S2/c1-5-20(4)22-11-15-31-27(17-22)32(34)24-8-6-7-9-30(24)37(31)23-12-14-29-26(18-23)33(35)25-16-21(19(2)3)10-13-28(25)36-29/h6-20H,5H2,1-4H3/q+1. The fourth-order valence-electron chi connectivity index (χ4n) is 5.13. The Morgan fingerprint density at radius 2 is 1.30 bits per heavy atom. The molecule has 0 saturated carbocycles. The summed E-state index contributed by atoms with van der Waals surface area (Å²) in [5.74, 6) is 0.761. The molecule has 2 heterocycles. The van der Waals surface area contributed by atoms with E-state index in [1.54, 1.807) is 11.3 Å². The van der Waals surface area contributed by atoms with Gasteiger partial charge in [-0.05, 0) is 77.9 Å². The van der Waals surface area contributed by atoms with Crippen LogP contribution in [0.3, 0.4) is 0 Å². The van der Waals surface area contributed by atoms with Crippen LogP contribution < -0.4 is 10.9 Å². The third-order valence-electron chi connectivity index (χ3n) is 7.57. The fourth-order valence-corrected chi connectivity index (χ4v) is 8.52. The molecule has 4 heteroatoms. The van der Waals surface area contributed by atoms with E-state index in [0.717, 1.165) is 51.7 Å². The van der Waals surface area contributed by atoms with E-state index < -0.39 is 10.5 Å². The summed E-state index contributed by atoms with van der Waals surface area (Å²) in [5, 5.41) is 3.12. The maximum absolute atomic E-state index is 13.7. The van der Waals surface area contributed by atoms with Crippen LogP contribution in [0.5, 0.6) is 0 Å². The molecule has 4 aromatic carbocycles. The summed E-state index contributed by atoms with van der Waals surface area (Å²) >= 11 is 1.67. The van der Waals surface area contributed by atoms with Gasteiger partial charge in [0.25, 0.3) is 0 Å². The summed E-state index contributed by atoms with van der Waals surface area (Å²) in [4.78, 5) is 28.4. The number of hydrogen-bond donors (Lipinski definition) is 0. The van der Waals surface area contributed by atoms with Gasteiger partial charge in [0.2, 0.25) is 5.43 Å². The van der Waals surface area contributed by atoms with Crippen LogP contribution in [0.4, 0.5) is 0 Å². The molecule has 6 aromatic rings. The largest absolute Gasteiger partial charge is 0.288 e. The third-order valence-corrected chi connectivity index (χ3v) is 11.0. The highest BCUT2D eigenvalue weighted by Crippen LogP contribution is 2.45. The summed E-state index contributed by atoms with van der Waals surface area (Å²) in [6.45, 7) is 8.69. The van der Waals surface area contributed by atoms with Crippen LogP contribution in [0, 0.1) is 0 Å². The summed E-state index contributed by atoms with van der Waals surface area (Å²) in [6.07, 6.45) is 1.03. The van der Waals surface area contributed by atoms with Gasteiger partial charge in [0.15, 0.2) is 19.7 Å². The first-order valence-electron chi connectivity index (χ1n) is 12.9. The smallest absolute Gasteiger partial charge is 0.203 e. The molecular formula is C33H29O2S2+. The van der Waals surface area contributed by atoms with Gasteiger partial charge in [-0.2, -0.15) is 0 Å². The van der Waals surface area contributed by atoms with Crippen LogP contribution in [0.25, 0.3) is 45.2 Å². The van der Waals surface area contributed by atoms with Crippen molar-refractivity contribution < 1.29 is 0 Å². The Labute approximate surface area is 222 Å². The molecule has 37 heavy (non-hydrogen) atoms. The molecular weight excluding hydrogens is 492 g/mol. The molecule has 0 aliphatic rings. The highest BCUT2D eigenvalue weighted by Gasteiger charge is 2.24. The zero-order chi connectivity index (χ0) is 25.8. The molecule has 2 nitrogen and oxygen atoms in total. The van der Waals surface area contributed by atoms with Crippen molar-refractivity contribution in [3.63, 3.8) is 0 Å². The summed E-state index contributed by atoms with van der Waals surface area (Å²) in [7, 11) is -0.467. The van der Waals surface area contributed by atoms with Gasteiger partial charge in [0, 0.05) is 36.7 Å². The molecule has 2 unspecified atom stereocenters. The maximum atomic E-state index is 13.7. The normalized spacial score (nSPS) is 13.3. The second kappa shape index (κ2) is 9.20. The molecule has 6 rings (SSSR count). The minimum atomic E-state index is -0.467. The van der Waals surface area contributed by atoms with E-state index in [0.29, 0.717) is 11.8 Å². The van der Waals surface area contributed by atoms with Crippen molar-refractivity contribution in [1.29, 1.82) is 0 Å². The van der Waals surface area contributed by atoms with Gasteiger partial charge in [-0.3, -0.25) is 9.59 Å². The summed E-state index contributed by atoms with van der Waals surface area (Å²) < 4.78 is 4.10. The van der Waals surface area contributed by atoms with Gasteiger partial charge >= 0.3 is 0 Å². The Hall–Kier alpha value is -3.34.